The predicted molar refractivity (Wildman–Crippen MR) is 229 cm³/mol. The number of aromatic nitrogens is 2. The molecule has 4 heterocycles. The van der Waals surface area contributed by atoms with Crippen LogP contribution in [0.2, 0.25) is 39.3 Å². The number of carbonyl (C=O) groups is 2. The fourth-order valence-electron chi connectivity index (χ4n) is 7.43. The third kappa shape index (κ3) is 8.87. The maximum Gasteiger partial charge on any atom is 0.315 e. The molecule has 0 spiro atoms. The lowest BCUT2D eigenvalue weighted by Gasteiger charge is -2.17. The van der Waals surface area contributed by atoms with Gasteiger partial charge in [0.15, 0.2) is 39.6 Å². The van der Waals surface area contributed by atoms with Crippen molar-refractivity contribution in [3.05, 3.63) is 119 Å². The molecule has 2 aliphatic heterocycles. The van der Waals surface area contributed by atoms with Crippen molar-refractivity contribution in [2.24, 2.45) is 14.1 Å². The second kappa shape index (κ2) is 16.1. The first kappa shape index (κ1) is 40.8. The summed E-state index contributed by atoms with van der Waals surface area (Å²) >= 11 is 0. The summed E-state index contributed by atoms with van der Waals surface area (Å²) in [7, 11) is 0.775. The number of carbonyl (C=O) groups excluding carboxylic acids is 1. The highest BCUT2D eigenvalue weighted by Crippen LogP contribution is 2.41. The molecule has 0 fully saturated rings. The Morgan fingerprint density at radius 1 is 0.621 bits per heavy atom. The summed E-state index contributed by atoms with van der Waals surface area (Å²) in [5, 5.41) is 12.0. The molecule has 4 aromatic carbocycles. The van der Waals surface area contributed by atoms with Gasteiger partial charge in [0.05, 0.1) is 19.1 Å². The number of nitrogens with zero attached hydrogens (tertiary/aromatic N) is 2. The molecule has 0 saturated carbocycles. The van der Waals surface area contributed by atoms with Crippen molar-refractivity contribution in [3.8, 4) is 23.0 Å². The number of hydrogen-bond donors (Lipinski definition) is 1. The molecule has 2 atom stereocenters. The van der Waals surface area contributed by atoms with Gasteiger partial charge in [-0.05, 0) is 116 Å². The average molecular weight is 821 g/mol. The standard InChI is InChI=1S/C23H27NO4Si.C22H25NO5Si/c1-15(25)23(17-7-9-21-22(11-17)27-14-26-21)19-12-24(2)20-10-16(6-8-18(19)20)13-28-29(3,4)5;1-23-11-17(16-7-5-14(9-18(16)23)12-28-29(2,3)4)21(22(24)25)15-6-8-19-20(10-15)27-13-26-19/h6-12,23H,13-14H2,1-5H3;5-11,21H,12-13H2,1-4H3,(H,24,25). The van der Waals surface area contributed by atoms with Crippen LogP contribution in [0.1, 0.15) is 52.1 Å². The molecule has 0 bridgehead atoms. The first-order valence-electron chi connectivity index (χ1n) is 19.4. The number of Topliss-reactive ketones (excluding diaryl/α,β-unsaturated/α-hetero) is 1. The highest BCUT2D eigenvalue weighted by molar-refractivity contribution is 6.70. The average Bonchev–Trinajstić information content (AvgIpc) is 3.96. The van der Waals surface area contributed by atoms with Crippen LogP contribution in [-0.2, 0) is 45.8 Å². The van der Waals surface area contributed by atoms with Crippen LogP contribution >= 0.6 is 0 Å². The van der Waals surface area contributed by atoms with Crippen molar-refractivity contribution in [3.63, 3.8) is 0 Å². The Labute approximate surface area is 341 Å². The minimum Gasteiger partial charge on any atom is -0.481 e. The van der Waals surface area contributed by atoms with Crippen LogP contribution in [0.5, 0.6) is 23.0 Å². The minimum atomic E-state index is -1.61. The Bertz CT molecular complexity index is 2340. The molecule has 6 aromatic rings. The first-order valence-corrected chi connectivity index (χ1v) is 26.2. The third-order valence-electron chi connectivity index (χ3n) is 10.3. The molecule has 2 aliphatic rings. The van der Waals surface area contributed by atoms with Crippen LogP contribution in [0.3, 0.4) is 0 Å². The Hall–Kier alpha value is -5.35. The number of rotatable bonds is 12. The molecule has 11 nitrogen and oxygen atoms in total. The van der Waals surface area contributed by atoms with E-state index in [9.17, 15) is 14.7 Å². The molecule has 8 rings (SSSR count). The SMILES string of the molecule is CC(=O)C(c1ccc2c(c1)OCO2)c1cn(C)c2cc(CO[Si](C)(C)C)ccc12.Cn1cc(C(C(=O)O)c2ccc3c(c2)OCO3)c2ccc(CO[Si](C)(C)C)cc21. The summed E-state index contributed by atoms with van der Waals surface area (Å²) in [6.07, 6.45) is 3.96. The molecule has 0 aliphatic carbocycles. The van der Waals surface area contributed by atoms with Crippen LogP contribution < -0.4 is 18.9 Å². The second-order valence-electron chi connectivity index (χ2n) is 16.9. The van der Waals surface area contributed by atoms with Gasteiger partial charge in [-0.15, -0.1) is 0 Å². The van der Waals surface area contributed by atoms with Gasteiger partial charge in [-0.25, -0.2) is 0 Å². The van der Waals surface area contributed by atoms with Crippen LogP contribution in [0.25, 0.3) is 21.8 Å². The third-order valence-corrected chi connectivity index (χ3v) is 12.3. The van der Waals surface area contributed by atoms with E-state index in [1.807, 2.05) is 55.2 Å². The molecule has 304 valence electrons. The Morgan fingerprint density at radius 2 is 1.03 bits per heavy atom. The number of carboxylic acids is 1. The predicted octanol–water partition coefficient (Wildman–Crippen LogP) is 9.45. The van der Waals surface area contributed by atoms with Crippen molar-refractivity contribution in [2.75, 3.05) is 13.6 Å². The maximum atomic E-state index is 12.7. The number of hydrogen-bond acceptors (Lipinski definition) is 8. The van der Waals surface area contributed by atoms with Crippen LogP contribution in [0.4, 0.5) is 0 Å². The van der Waals surface area contributed by atoms with Gasteiger partial charge in [0, 0.05) is 48.3 Å². The van der Waals surface area contributed by atoms with E-state index in [1.54, 1.807) is 25.1 Å². The molecular weight excluding hydrogens is 769 g/mol. The van der Waals surface area contributed by atoms with Gasteiger partial charge >= 0.3 is 5.97 Å². The number of aliphatic carboxylic acids is 1. The smallest absolute Gasteiger partial charge is 0.315 e. The number of ether oxygens (including phenoxy) is 4. The zero-order valence-electron chi connectivity index (χ0n) is 34.7. The second-order valence-corrected chi connectivity index (χ2v) is 26.0. The van der Waals surface area contributed by atoms with Crippen molar-refractivity contribution in [2.45, 2.75) is 71.3 Å². The number of ketones is 1. The summed E-state index contributed by atoms with van der Waals surface area (Å²) in [6, 6.07) is 23.5. The van der Waals surface area contributed by atoms with Gasteiger partial charge in [0.25, 0.3) is 0 Å². The van der Waals surface area contributed by atoms with E-state index in [-0.39, 0.29) is 25.3 Å². The quantitative estimate of drug-likeness (QED) is 0.121. The van der Waals surface area contributed by atoms with E-state index >= 15 is 0 Å². The molecular formula is C45H52N2O9Si2. The Balaban J connectivity index is 0.000000177. The van der Waals surface area contributed by atoms with E-state index in [1.165, 1.54) is 0 Å². The van der Waals surface area contributed by atoms with E-state index in [4.69, 9.17) is 27.8 Å². The normalized spacial score (nSPS) is 14.4. The molecule has 1 N–H and O–H groups in total. The fourth-order valence-corrected chi connectivity index (χ4v) is 8.63. The molecule has 13 heteroatoms. The van der Waals surface area contributed by atoms with E-state index in [2.05, 4.69) is 74.3 Å². The summed E-state index contributed by atoms with van der Waals surface area (Å²) in [6.45, 7) is 16.3. The topological polar surface area (TPSA) is 120 Å². The zero-order chi connectivity index (χ0) is 41.5. The van der Waals surface area contributed by atoms with Gasteiger partial charge in [-0.1, -0.05) is 36.4 Å². The number of carboxylic acid groups (broad SMARTS) is 1. The summed E-state index contributed by atoms with van der Waals surface area (Å²) in [4.78, 5) is 24.9. The molecule has 2 aromatic heterocycles. The molecule has 2 unspecified atom stereocenters. The van der Waals surface area contributed by atoms with Gasteiger partial charge in [-0.2, -0.15) is 0 Å². The van der Waals surface area contributed by atoms with Crippen molar-refractivity contribution >= 4 is 50.2 Å². The van der Waals surface area contributed by atoms with Crippen LogP contribution in [0.15, 0.2) is 85.2 Å². The van der Waals surface area contributed by atoms with Gasteiger partial charge in [0.1, 0.15) is 11.7 Å². The molecule has 0 saturated heterocycles. The monoisotopic (exact) mass is 820 g/mol. The largest absolute Gasteiger partial charge is 0.481 e. The molecule has 0 radical (unpaired) electrons. The molecule has 0 amide bonds. The van der Waals surface area contributed by atoms with Gasteiger partial charge in [-0.3, -0.25) is 9.59 Å². The highest BCUT2D eigenvalue weighted by atomic mass is 28.4. The van der Waals surface area contributed by atoms with Crippen LogP contribution in [-0.4, -0.2) is 56.2 Å². The van der Waals surface area contributed by atoms with E-state index in [0.717, 1.165) is 55.4 Å². The van der Waals surface area contributed by atoms with Crippen molar-refractivity contribution in [1.29, 1.82) is 0 Å². The van der Waals surface area contributed by atoms with Gasteiger partial charge < -0.3 is 42.0 Å². The Morgan fingerprint density at radius 3 is 1.45 bits per heavy atom. The lowest BCUT2D eigenvalue weighted by Crippen LogP contribution is -2.24. The zero-order valence-corrected chi connectivity index (χ0v) is 36.7. The van der Waals surface area contributed by atoms with Crippen molar-refractivity contribution in [1.82, 2.24) is 9.13 Å². The van der Waals surface area contributed by atoms with Gasteiger partial charge in [0.2, 0.25) is 13.6 Å². The summed E-state index contributed by atoms with van der Waals surface area (Å²) < 4.78 is 37.9. The highest BCUT2D eigenvalue weighted by Gasteiger charge is 2.29. The summed E-state index contributed by atoms with van der Waals surface area (Å²) in [5.74, 6) is 0.697. The summed E-state index contributed by atoms with van der Waals surface area (Å²) in [5.41, 5.74) is 7.67. The fraction of sp³-hybridized carbons (Fsp3) is 0.333. The number of aryl methyl sites for hydroxylation is 2. The number of benzene rings is 4. The first-order chi connectivity index (χ1) is 27.5. The maximum absolute atomic E-state index is 12.7. The van der Waals surface area contributed by atoms with E-state index < -0.39 is 28.5 Å². The van der Waals surface area contributed by atoms with E-state index in [0.29, 0.717) is 36.0 Å². The van der Waals surface area contributed by atoms with Crippen molar-refractivity contribution < 1.29 is 42.5 Å². The lowest BCUT2D eigenvalue weighted by molar-refractivity contribution is -0.137. The lowest BCUT2D eigenvalue weighted by atomic mass is 9.87. The minimum absolute atomic E-state index is 0.0995. The Kier molecular flexibility index (Phi) is 11.4. The van der Waals surface area contributed by atoms with Crippen LogP contribution in [0, 0.1) is 0 Å². The molecule has 58 heavy (non-hydrogen) atoms. The number of fused-ring (bicyclic) bond motifs is 4.